The van der Waals surface area contributed by atoms with Crippen LogP contribution in [0.1, 0.15) is 11.3 Å². The van der Waals surface area contributed by atoms with Crippen LogP contribution in [-0.4, -0.2) is 27.4 Å². The number of para-hydroxylation sites is 3. The second-order valence-electron chi connectivity index (χ2n) is 5.97. The maximum atomic E-state index is 12.7. The molecule has 0 atom stereocenters. The third-order valence-electron chi connectivity index (χ3n) is 4.05. The quantitative estimate of drug-likeness (QED) is 0.472. The number of phenols is 1. The summed E-state index contributed by atoms with van der Waals surface area (Å²) < 4.78 is 10.7. The van der Waals surface area contributed by atoms with Crippen LogP contribution in [0.15, 0.2) is 71.3 Å². The summed E-state index contributed by atoms with van der Waals surface area (Å²) in [5.41, 5.74) is 0.349. The summed E-state index contributed by atoms with van der Waals surface area (Å²) in [6.07, 6.45) is 1.50. The number of aromatic hydroxyl groups is 1. The molecular formula is C20H18N2O6. The first kappa shape index (κ1) is 19.0. The summed E-state index contributed by atoms with van der Waals surface area (Å²) in [4.78, 5) is 24.7. The number of benzene rings is 2. The van der Waals surface area contributed by atoms with Crippen LogP contribution in [0.3, 0.4) is 0 Å². The van der Waals surface area contributed by atoms with Crippen molar-refractivity contribution < 1.29 is 24.0 Å². The molecule has 1 aromatic heterocycles. The predicted octanol–water partition coefficient (Wildman–Crippen LogP) is 3.50. The van der Waals surface area contributed by atoms with Crippen molar-refractivity contribution in [2.75, 3.05) is 6.61 Å². The third-order valence-corrected chi connectivity index (χ3v) is 4.05. The number of ether oxygens (including phenoxy) is 1. The van der Waals surface area contributed by atoms with Crippen molar-refractivity contribution in [1.29, 1.82) is 0 Å². The molecule has 0 aliphatic carbocycles. The normalized spacial score (nSPS) is 10.4. The van der Waals surface area contributed by atoms with Crippen LogP contribution in [0, 0.1) is 10.1 Å². The van der Waals surface area contributed by atoms with E-state index in [4.69, 9.17) is 9.15 Å². The molecule has 1 N–H and O–H groups in total. The molecular weight excluding hydrogens is 364 g/mol. The lowest BCUT2D eigenvalue weighted by atomic mass is 10.2. The van der Waals surface area contributed by atoms with Crippen molar-refractivity contribution in [3.63, 3.8) is 0 Å². The van der Waals surface area contributed by atoms with Gasteiger partial charge in [-0.05, 0) is 24.3 Å². The summed E-state index contributed by atoms with van der Waals surface area (Å²) in [7, 11) is 0. The number of rotatable bonds is 8. The highest BCUT2D eigenvalue weighted by molar-refractivity contribution is 5.78. The first-order chi connectivity index (χ1) is 13.5. The predicted molar refractivity (Wildman–Crippen MR) is 99.7 cm³/mol. The van der Waals surface area contributed by atoms with Gasteiger partial charge in [0.1, 0.15) is 11.5 Å². The summed E-state index contributed by atoms with van der Waals surface area (Å²) in [6, 6.07) is 16.0. The zero-order valence-electron chi connectivity index (χ0n) is 14.9. The summed E-state index contributed by atoms with van der Waals surface area (Å²) >= 11 is 0. The van der Waals surface area contributed by atoms with E-state index in [0.717, 1.165) is 0 Å². The van der Waals surface area contributed by atoms with Crippen LogP contribution in [0.4, 0.5) is 5.69 Å². The van der Waals surface area contributed by atoms with E-state index in [-0.39, 0.29) is 36.9 Å². The average Bonchev–Trinajstić information content (AvgIpc) is 3.20. The molecule has 144 valence electrons. The Bertz CT molecular complexity index is 955. The molecule has 0 bridgehead atoms. The van der Waals surface area contributed by atoms with Crippen LogP contribution in [0.5, 0.6) is 11.5 Å². The molecule has 2 aromatic carbocycles. The number of furan rings is 1. The van der Waals surface area contributed by atoms with Gasteiger partial charge in [-0.25, -0.2) is 0 Å². The van der Waals surface area contributed by atoms with E-state index in [1.54, 1.807) is 36.4 Å². The number of hydrogen-bond donors (Lipinski definition) is 1. The first-order valence-electron chi connectivity index (χ1n) is 8.48. The SMILES string of the molecule is O=C(COc1ccccc1[N+](=O)[O-])N(Cc1ccco1)Cc1ccccc1O. The minimum absolute atomic E-state index is 0.0151. The van der Waals surface area contributed by atoms with Gasteiger partial charge < -0.3 is 19.2 Å². The van der Waals surface area contributed by atoms with Gasteiger partial charge in [0.25, 0.3) is 5.91 Å². The van der Waals surface area contributed by atoms with Crippen molar-refractivity contribution in [3.8, 4) is 11.5 Å². The highest BCUT2D eigenvalue weighted by Gasteiger charge is 2.20. The van der Waals surface area contributed by atoms with Crippen molar-refractivity contribution in [1.82, 2.24) is 4.90 Å². The van der Waals surface area contributed by atoms with E-state index in [9.17, 15) is 20.0 Å². The van der Waals surface area contributed by atoms with Gasteiger partial charge in [0.15, 0.2) is 12.4 Å². The molecule has 28 heavy (non-hydrogen) atoms. The number of phenolic OH excluding ortho intramolecular Hbond substituents is 1. The molecule has 0 fully saturated rings. The van der Waals surface area contributed by atoms with E-state index in [0.29, 0.717) is 11.3 Å². The molecule has 8 heteroatoms. The van der Waals surface area contributed by atoms with Crippen molar-refractivity contribution >= 4 is 11.6 Å². The maximum absolute atomic E-state index is 12.7. The fourth-order valence-electron chi connectivity index (χ4n) is 2.63. The number of nitro groups is 1. The van der Waals surface area contributed by atoms with Gasteiger partial charge in [0, 0.05) is 18.2 Å². The van der Waals surface area contributed by atoms with Gasteiger partial charge in [-0.1, -0.05) is 30.3 Å². The number of hydrogen-bond acceptors (Lipinski definition) is 6. The molecule has 3 aromatic rings. The highest BCUT2D eigenvalue weighted by atomic mass is 16.6. The van der Waals surface area contributed by atoms with Crippen LogP contribution < -0.4 is 4.74 Å². The number of carbonyl (C=O) groups excluding carboxylic acids is 1. The van der Waals surface area contributed by atoms with Crippen LogP contribution in [0.2, 0.25) is 0 Å². The monoisotopic (exact) mass is 382 g/mol. The lowest BCUT2D eigenvalue weighted by Gasteiger charge is -2.22. The van der Waals surface area contributed by atoms with Gasteiger partial charge in [0.05, 0.1) is 17.7 Å². The zero-order valence-corrected chi connectivity index (χ0v) is 14.9. The van der Waals surface area contributed by atoms with Gasteiger partial charge in [-0.15, -0.1) is 0 Å². The highest BCUT2D eigenvalue weighted by Crippen LogP contribution is 2.26. The Morgan fingerprint density at radius 1 is 1.07 bits per heavy atom. The molecule has 1 heterocycles. The van der Waals surface area contributed by atoms with E-state index < -0.39 is 10.8 Å². The molecule has 0 saturated carbocycles. The second kappa shape index (κ2) is 8.72. The average molecular weight is 382 g/mol. The zero-order chi connectivity index (χ0) is 19.9. The largest absolute Gasteiger partial charge is 0.508 e. The summed E-state index contributed by atoms with van der Waals surface area (Å²) in [5.74, 6) is 0.244. The second-order valence-corrected chi connectivity index (χ2v) is 5.97. The molecule has 0 aliphatic heterocycles. The Hall–Kier alpha value is -3.81. The lowest BCUT2D eigenvalue weighted by molar-refractivity contribution is -0.385. The molecule has 8 nitrogen and oxygen atoms in total. The van der Waals surface area contributed by atoms with Crippen molar-refractivity contribution in [2.45, 2.75) is 13.1 Å². The topological polar surface area (TPSA) is 106 Å². The van der Waals surface area contributed by atoms with Gasteiger partial charge in [-0.3, -0.25) is 14.9 Å². The molecule has 0 saturated heterocycles. The number of nitrogens with zero attached hydrogens (tertiary/aromatic N) is 2. The molecule has 0 radical (unpaired) electrons. The Morgan fingerprint density at radius 2 is 1.82 bits per heavy atom. The Morgan fingerprint density at radius 3 is 2.54 bits per heavy atom. The van der Waals surface area contributed by atoms with Crippen molar-refractivity contribution in [2.24, 2.45) is 0 Å². The van der Waals surface area contributed by atoms with Crippen LogP contribution in [0.25, 0.3) is 0 Å². The van der Waals surface area contributed by atoms with Crippen LogP contribution >= 0.6 is 0 Å². The first-order valence-corrected chi connectivity index (χ1v) is 8.48. The van der Waals surface area contributed by atoms with E-state index in [2.05, 4.69) is 0 Å². The summed E-state index contributed by atoms with van der Waals surface area (Å²) in [6.45, 7) is -0.0913. The standard InChI is InChI=1S/C20H18N2O6/c23-18-9-3-1-6-15(18)12-21(13-16-7-5-11-27-16)20(24)14-28-19-10-4-2-8-17(19)22(25)26/h1-11,23H,12-14H2. The number of nitro benzene ring substituents is 1. The fraction of sp³-hybridized carbons (Fsp3) is 0.150. The molecule has 3 rings (SSSR count). The Balaban J connectivity index is 1.75. The van der Waals surface area contributed by atoms with Gasteiger partial charge in [-0.2, -0.15) is 0 Å². The maximum Gasteiger partial charge on any atom is 0.310 e. The molecule has 0 spiro atoms. The Labute approximate surface area is 160 Å². The van der Waals surface area contributed by atoms with E-state index >= 15 is 0 Å². The molecule has 0 aliphatic rings. The molecule has 0 unspecified atom stereocenters. The van der Waals surface area contributed by atoms with E-state index in [1.807, 2.05) is 0 Å². The van der Waals surface area contributed by atoms with Gasteiger partial charge >= 0.3 is 5.69 Å². The van der Waals surface area contributed by atoms with Crippen LogP contribution in [-0.2, 0) is 17.9 Å². The minimum Gasteiger partial charge on any atom is -0.508 e. The number of carbonyl (C=O) groups is 1. The smallest absolute Gasteiger partial charge is 0.310 e. The fourth-order valence-corrected chi connectivity index (χ4v) is 2.63. The number of amides is 1. The van der Waals surface area contributed by atoms with Gasteiger partial charge in [0.2, 0.25) is 0 Å². The Kier molecular flexibility index (Phi) is 5.91. The van der Waals surface area contributed by atoms with E-state index in [1.165, 1.54) is 35.4 Å². The van der Waals surface area contributed by atoms with Crippen molar-refractivity contribution in [3.05, 3.63) is 88.4 Å². The summed E-state index contributed by atoms with van der Waals surface area (Å²) in [5, 5.41) is 21.1. The molecule has 1 amide bonds. The minimum atomic E-state index is -0.567. The third kappa shape index (κ3) is 4.67. The lowest BCUT2D eigenvalue weighted by Crippen LogP contribution is -2.34.